The van der Waals surface area contributed by atoms with Crippen LogP contribution in [-0.4, -0.2) is 35.7 Å². The molecule has 1 atom stereocenters. The van der Waals surface area contributed by atoms with Gasteiger partial charge in [-0.1, -0.05) is 0 Å². The Hall–Kier alpha value is -0.720. The van der Waals surface area contributed by atoms with Crippen molar-refractivity contribution < 1.29 is 4.74 Å². The minimum atomic E-state index is 0.114. The molecule has 0 aliphatic heterocycles. The lowest BCUT2D eigenvalue weighted by atomic mass is 10.3. The van der Waals surface area contributed by atoms with Crippen LogP contribution in [0.25, 0.3) is 0 Å². The summed E-state index contributed by atoms with van der Waals surface area (Å²) >= 11 is 1.31. The smallest absolute Gasteiger partial charge is 0.202 e. The lowest BCUT2D eigenvalue weighted by molar-refractivity contribution is 0.187. The first-order valence-electron chi connectivity index (χ1n) is 3.59. The van der Waals surface area contributed by atoms with Crippen LogP contribution in [0, 0.1) is 0 Å². The highest BCUT2D eigenvalue weighted by Gasteiger charge is 2.06. The second-order valence-electron chi connectivity index (χ2n) is 2.28. The van der Waals surface area contributed by atoms with Gasteiger partial charge in [0.2, 0.25) is 5.13 Å². The maximum absolute atomic E-state index is 5.49. The Morgan fingerprint density at radius 1 is 1.83 bits per heavy atom. The Morgan fingerprint density at radius 2 is 2.67 bits per heavy atom. The summed E-state index contributed by atoms with van der Waals surface area (Å²) in [6.07, 6.45) is 1.51. The zero-order valence-corrected chi connectivity index (χ0v) is 7.67. The van der Waals surface area contributed by atoms with Crippen LogP contribution < -0.4 is 11.1 Å². The van der Waals surface area contributed by atoms with Gasteiger partial charge in [-0.2, -0.15) is 4.37 Å². The van der Waals surface area contributed by atoms with E-state index in [-0.39, 0.29) is 6.04 Å². The van der Waals surface area contributed by atoms with E-state index in [1.807, 2.05) is 0 Å². The summed E-state index contributed by atoms with van der Waals surface area (Å²) in [6.45, 7) is 1.10. The highest BCUT2D eigenvalue weighted by atomic mass is 32.1. The Labute approximate surface area is 75.1 Å². The number of ether oxygens (including phenoxy) is 1. The van der Waals surface area contributed by atoms with Crippen molar-refractivity contribution in [1.82, 2.24) is 9.36 Å². The van der Waals surface area contributed by atoms with Crippen molar-refractivity contribution in [2.75, 3.05) is 25.6 Å². The van der Waals surface area contributed by atoms with Crippen molar-refractivity contribution in [3.8, 4) is 0 Å². The largest absolute Gasteiger partial charge is 0.383 e. The van der Waals surface area contributed by atoms with Crippen LogP contribution in [0.2, 0.25) is 0 Å². The summed E-state index contributed by atoms with van der Waals surface area (Å²) in [7, 11) is 1.64. The van der Waals surface area contributed by atoms with Crippen LogP contribution in [0.4, 0.5) is 5.13 Å². The molecular weight excluding hydrogens is 176 g/mol. The molecule has 3 N–H and O–H groups in total. The minimum Gasteiger partial charge on any atom is -0.383 e. The standard InChI is InChI=1S/C6H12N4OS/c1-11-3-5(2-7)10-6-8-4-9-12-6/h4-5H,2-3,7H2,1H3,(H,8,9,10). The zero-order valence-electron chi connectivity index (χ0n) is 6.86. The number of nitrogens with one attached hydrogen (secondary N) is 1. The predicted octanol–water partition coefficient (Wildman–Crippen LogP) is -0.0763. The number of aromatic nitrogens is 2. The minimum absolute atomic E-state index is 0.114. The second kappa shape index (κ2) is 5.02. The number of methoxy groups -OCH3 is 1. The molecule has 0 bridgehead atoms. The predicted molar refractivity (Wildman–Crippen MR) is 48.3 cm³/mol. The zero-order chi connectivity index (χ0) is 8.81. The van der Waals surface area contributed by atoms with Crippen LogP contribution in [0.5, 0.6) is 0 Å². The van der Waals surface area contributed by atoms with Gasteiger partial charge in [0.15, 0.2) is 0 Å². The molecule has 0 saturated heterocycles. The van der Waals surface area contributed by atoms with Crippen molar-refractivity contribution in [2.24, 2.45) is 5.73 Å². The van der Waals surface area contributed by atoms with Gasteiger partial charge in [-0.05, 0) is 0 Å². The molecule has 6 heteroatoms. The number of hydrogen-bond donors (Lipinski definition) is 2. The SMILES string of the molecule is COCC(CN)Nc1ncns1. The third kappa shape index (κ3) is 2.72. The highest BCUT2D eigenvalue weighted by Crippen LogP contribution is 2.07. The fourth-order valence-corrected chi connectivity index (χ4v) is 1.29. The number of rotatable bonds is 5. The third-order valence-corrected chi connectivity index (χ3v) is 1.94. The topological polar surface area (TPSA) is 73.1 Å². The average molecular weight is 188 g/mol. The quantitative estimate of drug-likeness (QED) is 0.676. The third-order valence-electron chi connectivity index (χ3n) is 1.34. The summed E-state index contributed by atoms with van der Waals surface area (Å²) in [4.78, 5) is 3.97. The van der Waals surface area contributed by atoms with E-state index in [1.165, 1.54) is 17.9 Å². The summed E-state index contributed by atoms with van der Waals surface area (Å²) in [5.74, 6) is 0. The van der Waals surface area contributed by atoms with Crippen LogP contribution in [-0.2, 0) is 4.74 Å². The first-order chi connectivity index (χ1) is 5.86. The fraction of sp³-hybridized carbons (Fsp3) is 0.667. The Balaban J connectivity index is 2.37. The van der Waals surface area contributed by atoms with Crippen LogP contribution in [0.15, 0.2) is 6.33 Å². The molecule has 68 valence electrons. The monoisotopic (exact) mass is 188 g/mol. The molecule has 0 spiro atoms. The Bertz CT molecular complexity index is 203. The lowest BCUT2D eigenvalue weighted by Gasteiger charge is -2.13. The molecule has 0 saturated carbocycles. The van der Waals surface area contributed by atoms with Crippen molar-refractivity contribution in [2.45, 2.75) is 6.04 Å². The Kier molecular flexibility index (Phi) is 3.92. The van der Waals surface area contributed by atoms with E-state index < -0.39 is 0 Å². The normalized spacial score (nSPS) is 12.8. The summed E-state index contributed by atoms with van der Waals surface area (Å²) in [5.41, 5.74) is 5.49. The molecule has 0 fully saturated rings. The van der Waals surface area contributed by atoms with E-state index in [0.29, 0.717) is 13.2 Å². The van der Waals surface area contributed by atoms with Crippen LogP contribution >= 0.6 is 11.5 Å². The molecule has 0 aliphatic carbocycles. The summed E-state index contributed by atoms with van der Waals surface area (Å²) in [6, 6.07) is 0.114. The van der Waals surface area contributed by atoms with E-state index in [1.54, 1.807) is 7.11 Å². The van der Waals surface area contributed by atoms with Gasteiger partial charge in [-0.25, -0.2) is 4.98 Å². The van der Waals surface area contributed by atoms with E-state index in [9.17, 15) is 0 Å². The van der Waals surface area contributed by atoms with Gasteiger partial charge in [0, 0.05) is 25.2 Å². The number of nitrogens with zero attached hydrogens (tertiary/aromatic N) is 2. The van der Waals surface area contributed by atoms with Crippen molar-refractivity contribution >= 4 is 16.7 Å². The molecule has 1 unspecified atom stereocenters. The molecular formula is C6H12N4OS. The average Bonchev–Trinajstić information content (AvgIpc) is 2.56. The lowest BCUT2D eigenvalue weighted by Crippen LogP contribution is -2.32. The van der Waals surface area contributed by atoms with Gasteiger partial charge < -0.3 is 15.8 Å². The van der Waals surface area contributed by atoms with E-state index in [4.69, 9.17) is 10.5 Å². The van der Waals surface area contributed by atoms with E-state index in [2.05, 4.69) is 14.7 Å². The molecule has 0 aromatic carbocycles. The van der Waals surface area contributed by atoms with Gasteiger partial charge in [-0.3, -0.25) is 0 Å². The van der Waals surface area contributed by atoms with Gasteiger partial charge >= 0.3 is 0 Å². The number of hydrogen-bond acceptors (Lipinski definition) is 6. The van der Waals surface area contributed by atoms with Gasteiger partial charge in [0.1, 0.15) is 6.33 Å². The first-order valence-corrected chi connectivity index (χ1v) is 4.36. The summed E-state index contributed by atoms with van der Waals surface area (Å²) in [5, 5.41) is 3.88. The molecule has 0 radical (unpaired) electrons. The number of anilines is 1. The van der Waals surface area contributed by atoms with E-state index >= 15 is 0 Å². The van der Waals surface area contributed by atoms with Crippen molar-refractivity contribution in [1.29, 1.82) is 0 Å². The van der Waals surface area contributed by atoms with Crippen molar-refractivity contribution in [3.63, 3.8) is 0 Å². The molecule has 1 rings (SSSR count). The molecule has 0 amide bonds. The van der Waals surface area contributed by atoms with Crippen molar-refractivity contribution in [3.05, 3.63) is 6.33 Å². The molecule has 5 nitrogen and oxygen atoms in total. The van der Waals surface area contributed by atoms with Gasteiger partial charge in [0.25, 0.3) is 0 Å². The van der Waals surface area contributed by atoms with Crippen LogP contribution in [0.1, 0.15) is 0 Å². The first kappa shape index (κ1) is 9.37. The molecule has 1 aromatic rings. The molecule has 12 heavy (non-hydrogen) atoms. The molecule has 0 aliphatic rings. The summed E-state index contributed by atoms with van der Waals surface area (Å²) < 4.78 is 8.81. The van der Waals surface area contributed by atoms with Gasteiger partial charge in [0.05, 0.1) is 12.6 Å². The molecule has 1 aromatic heterocycles. The molecule has 1 heterocycles. The van der Waals surface area contributed by atoms with Crippen LogP contribution in [0.3, 0.4) is 0 Å². The maximum Gasteiger partial charge on any atom is 0.202 e. The highest BCUT2D eigenvalue weighted by molar-refractivity contribution is 7.09. The fourth-order valence-electron chi connectivity index (χ4n) is 0.781. The van der Waals surface area contributed by atoms with Gasteiger partial charge in [-0.15, -0.1) is 0 Å². The Morgan fingerprint density at radius 3 is 3.17 bits per heavy atom. The number of nitrogens with two attached hydrogens (primary N) is 1. The van der Waals surface area contributed by atoms with E-state index in [0.717, 1.165) is 5.13 Å². The second-order valence-corrected chi connectivity index (χ2v) is 3.06. The maximum atomic E-state index is 5.49.